The number of rotatable bonds is 5. The second-order valence-corrected chi connectivity index (χ2v) is 7.25. The van der Waals surface area contributed by atoms with Crippen LogP contribution in [0.25, 0.3) is 0 Å². The van der Waals surface area contributed by atoms with E-state index in [0.717, 1.165) is 31.2 Å². The topological polar surface area (TPSA) is 25.4 Å². The molecule has 0 aliphatic carbocycles. The van der Waals surface area contributed by atoms with Crippen molar-refractivity contribution in [2.24, 2.45) is 5.41 Å². The van der Waals surface area contributed by atoms with Crippen LogP contribution in [0.2, 0.25) is 0 Å². The monoisotopic (exact) mass is 364 g/mol. The fourth-order valence-corrected chi connectivity index (χ4v) is 3.55. The summed E-state index contributed by atoms with van der Waals surface area (Å²) in [6.07, 6.45) is 0.984. The van der Waals surface area contributed by atoms with Crippen molar-refractivity contribution in [1.82, 2.24) is 9.88 Å². The second kappa shape index (κ2) is 7.66. The van der Waals surface area contributed by atoms with Gasteiger partial charge in [-0.3, -0.25) is 9.88 Å². The predicted molar refractivity (Wildman–Crippen MR) is 93.8 cm³/mol. The zero-order valence-electron chi connectivity index (χ0n) is 14.8. The Hall–Kier alpha value is -2.08. The highest BCUT2D eigenvalue weighted by molar-refractivity contribution is 5.29. The normalized spacial score (nSPS) is 21.5. The molecule has 1 unspecified atom stereocenters. The molecule has 6 heteroatoms. The Bertz CT molecular complexity index is 720. The Morgan fingerprint density at radius 1 is 1.15 bits per heavy atom. The van der Waals surface area contributed by atoms with Gasteiger partial charge in [0.15, 0.2) is 0 Å². The lowest BCUT2D eigenvalue weighted by Gasteiger charge is -2.40. The first-order chi connectivity index (χ1) is 12.4. The van der Waals surface area contributed by atoms with Crippen LogP contribution in [0.3, 0.4) is 0 Å². The molecule has 1 aromatic heterocycles. The van der Waals surface area contributed by atoms with Crippen LogP contribution in [0.4, 0.5) is 13.2 Å². The average molecular weight is 364 g/mol. The summed E-state index contributed by atoms with van der Waals surface area (Å²) in [4.78, 5) is 6.07. The van der Waals surface area contributed by atoms with Gasteiger partial charge >= 0.3 is 6.18 Å². The Labute approximate surface area is 151 Å². The highest BCUT2D eigenvalue weighted by atomic mass is 19.4. The molecule has 1 aliphatic rings. The molecule has 140 valence electrons. The number of hydrogen-bond donors (Lipinski definition) is 0. The van der Waals surface area contributed by atoms with E-state index in [2.05, 4.69) is 16.8 Å². The van der Waals surface area contributed by atoms with Crippen LogP contribution in [0.15, 0.2) is 48.8 Å². The molecule has 2 aromatic rings. The SMILES string of the molecule is CC1(COc2ccncc2)CCCN(Cc2ccccc2C(F)(F)F)C1. The molecular formula is C20H23F3N2O. The van der Waals surface area contributed by atoms with Crippen LogP contribution in [0, 0.1) is 5.41 Å². The standard InChI is InChI=1S/C20H23F3N2O/c1-19(15-26-17-7-10-24-11-8-17)9-4-12-25(14-19)13-16-5-2-3-6-18(16)20(21,22)23/h2-3,5-8,10-11H,4,9,12-15H2,1H3. The molecule has 3 rings (SSSR count). The number of benzene rings is 1. The van der Waals surface area contributed by atoms with Gasteiger partial charge in [-0.25, -0.2) is 0 Å². The molecule has 3 nitrogen and oxygen atoms in total. The quantitative estimate of drug-likeness (QED) is 0.763. The van der Waals surface area contributed by atoms with E-state index in [4.69, 9.17) is 4.74 Å². The van der Waals surface area contributed by atoms with Crippen LogP contribution in [0.1, 0.15) is 30.9 Å². The van der Waals surface area contributed by atoms with Crippen LogP contribution in [-0.4, -0.2) is 29.6 Å². The first-order valence-electron chi connectivity index (χ1n) is 8.76. The largest absolute Gasteiger partial charge is 0.493 e. The van der Waals surface area contributed by atoms with E-state index in [-0.39, 0.29) is 5.41 Å². The Morgan fingerprint density at radius 3 is 2.62 bits per heavy atom. The van der Waals surface area contributed by atoms with Crippen LogP contribution in [0.5, 0.6) is 5.75 Å². The number of pyridine rings is 1. The fourth-order valence-electron chi connectivity index (χ4n) is 3.55. The van der Waals surface area contributed by atoms with Gasteiger partial charge in [-0.05, 0) is 43.1 Å². The minimum atomic E-state index is -4.32. The van der Waals surface area contributed by atoms with E-state index in [0.29, 0.717) is 25.3 Å². The smallest absolute Gasteiger partial charge is 0.416 e. The number of halogens is 3. The van der Waals surface area contributed by atoms with Crippen molar-refractivity contribution in [1.29, 1.82) is 0 Å². The third-order valence-corrected chi connectivity index (χ3v) is 4.81. The summed E-state index contributed by atoms with van der Waals surface area (Å²) < 4.78 is 45.5. The molecule has 1 aliphatic heterocycles. The summed E-state index contributed by atoms with van der Waals surface area (Å²) in [5.74, 6) is 0.765. The zero-order chi connectivity index (χ0) is 18.6. The molecule has 1 saturated heterocycles. The number of likely N-dealkylation sites (tertiary alicyclic amines) is 1. The molecular weight excluding hydrogens is 341 g/mol. The molecule has 0 radical (unpaired) electrons. The highest BCUT2D eigenvalue weighted by Gasteiger charge is 2.35. The lowest BCUT2D eigenvalue weighted by molar-refractivity contribution is -0.138. The average Bonchev–Trinajstić information content (AvgIpc) is 2.61. The van der Waals surface area contributed by atoms with Crippen molar-refractivity contribution < 1.29 is 17.9 Å². The molecule has 2 heterocycles. The van der Waals surface area contributed by atoms with E-state index in [9.17, 15) is 13.2 Å². The van der Waals surface area contributed by atoms with Gasteiger partial charge in [0.2, 0.25) is 0 Å². The molecule has 1 aromatic carbocycles. The lowest BCUT2D eigenvalue weighted by Crippen LogP contribution is -2.44. The minimum Gasteiger partial charge on any atom is -0.493 e. The molecule has 0 N–H and O–H groups in total. The van der Waals surface area contributed by atoms with Gasteiger partial charge in [-0.15, -0.1) is 0 Å². The van der Waals surface area contributed by atoms with Crippen molar-refractivity contribution in [2.75, 3.05) is 19.7 Å². The van der Waals surface area contributed by atoms with Crippen molar-refractivity contribution >= 4 is 0 Å². The molecule has 0 saturated carbocycles. The van der Waals surface area contributed by atoms with Crippen LogP contribution in [-0.2, 0) is 12.7 Å². The van der Waals surface area contributed by atoms with Gasteiger partial charge in [-0.1, -0.05) is 25.1 Å². The van der Waals surface area contributed by atoms with Crippen molar-refractivity contribution in [3.05, 3.63) is 59.9 Å². The summed E-state index contributed by atoms with van der Waals surface area (Å²) in [5, 5.41) is 0. The van der Waals surface area contributed by atoms with Gasteiger partial charge in [0.05, 0.1) is 12.2 Å². The second-order valence-electron chi connectivity index (χ2n) is 7.25. The zero-order valence-corrected chi connectivity index (χ0v) is 14.8. The number of ether oxygens (including phenoxy) is 1. The Kier molecular flexibility index (Phi) is 5.51. The minimum absolute atomic E-state index is 0.0886. The molecule has 0 bridgehead atoms. The molecule has 26 heavy (non-hydrogen) atoms. The Balaban J connectivity index is 1.65. The summed E-state index contributed by atoms with van der Waals surface area (Å²) in [7, 11) is 0. The molecule has 0 amide bonds. The van der Waals surface area contributed by atoms with Crippen molar-refractivity contribution in [3.8, 4) is 5.75 Å². The van der Waals surface area contributed by atoms with Gasteiger partial charge < -0.3 is 4.74 Å². The first-order valence-corrected chi connectivity index (χ1v) is 8.76. The number of hydrogen-bond acceptors (Lipinski definition) is 3. The molecule has 0 spiro atoms. The third-order valence-electron chi connectivity index (χ3n) is 4.81. The summed E-state index contributed by atoms with van der Waals surface area (Å²) in [5.41, 5.74) is -0.297. The Morgan fingerprint density at radius 2 is 1.88 bits per heavy atom. The third kappa shape index (κ3) is 4.75. The van der Waals surface area contributed by atoms with Gasteiger partial charge in [0, 0.05) is 30.9 Å². The van der Waals surface area contributed by atoms with E-state index in [1.807, 2.05) is 12.1 Å². The maximum Gasteiger partial charge on any atom is 0.416 e. The fraction of sp³-hybridized carbons (Fsp3) is 0.450. The van der Waals surface area contributed by atoms with Gasteiger partial charge in [-0.2, -0.15) is 13.2 Å². The number of piperidine rings is 1. The first kappa shape index (κ1) is 18.7. The highest BCUT2D eigenvalue weighted by Crippen LogP contribution is 2.35. The molecule has 1 atom stereocenters. The van der Waals surface area contributed by atoms with E-state index < -0.39 is 11.7 Å². The van der Waals surface area contributed by atoms with Crippen LogP contribution >= 0.6 is 0 Å². The lowest BCUT2D eigenvalue weighted by atomic mass is 9.82. The van der Waals surface area contributed by atoms with Gasteiger partial charge in [0.1, 0.15) is 5.75 Å². The van der Waals surface area contributed by atoms with E-state index in [1.165, 1.54) is 6.07 Å². The summed E-state index contributed by atoms with van der Waals surface area (Å²) in [6, 6.07) is 9.45. The molecule has 1 fully saturated rings. The van der Waals surface area contributed by atoms with Crippen molar-refractivity contribution in [3.63, 3.8) is 0 Å². The number of alkyl halides is 3. The van der Waals surface area contributed by atoms with Gasteiger partial charge in [0.25, 0.3) is 0 Å². The van der Waals surface area contributed by atoms with E-state index in [1.54, 1.807) is 24.5 Å². The summed E-state index contributed by atoms with van der Waals surface area (Å²) >= 11 is 0. The summed E-state index contributed by atoms with van der Waals surface area (Å²) in [6.45, 7) is 4.49. The van der Waals surface area contributed by atoms with Crippen LogP contribution < -0.4 is 4.74 Å². The maximum atomic E-state index is 13.2. The van der Waals surface area contributed by atoms with E-state index >= 15 is 0 Å². The maximum absolute atomic E-state index is 13.2. The number of aromatic nitrogens is 1. The number of nitrogens with zero attached hydrogens (tertiary/aromatic N) is 2. The predicted octanol–water partition coefficient (Wildman–Crippen LogP) is 4.78. The van der Waals surface area contributed by atoms with Crippen molar-refractivity contribution in [2.45, 2.75) is 32.5 Å².